The lowest BCUT2D eigenvalue weighted by Gasteiger charge is -2.32. The molecule has 0 spiro atoms. The molecule has 15 heteroatoms. The fraction of sp³-hybridized carbons (Fsp3) is 0.722. The second-order valence-electron chi connectivity index (χ2n) is 15.5. The molecule has 0 saturated carbocycles. The quantitative estimate of drug-likeness (QED) is 0.210. The second kappa shape index (κ2) is 19.1. The average Bonchev–Trinajstić information content (AvgIpc) is 3.74. The molecule has 8 atom stereocenters. The van der Waals surface area contributed by atoms with Crippen molar-refractivity contribution in [3.05, 3.63) is 22.4 Å². The Kier molecular flexibility index (Phi) is 15.8. The van der Waals surface area contributed by atoms with E-state index in [9.17, 15) is 28.8 Å². The number of carbonyl (C=O) groups excluding carboxylic acids is 6. The lowest BCUT2D eigenvalue weighted by molar-refractivity contribution is -0.136. The lowest BCUT2D eigenvalue weighted by Crippen LogP contribution is -2.61. The summed E-state index contributed by atoms with van der Waals surface area (Å²) in [6.45, 7) is 18.7. The summed E-state index contributed by atoms with van der Waals surface area (Å²) in [5, 5.41) is 22.4. The fourth-order valence-corrected chi connectivity index (χ4v) is 8.38. The smallest absolute Gasteiger partial charge is 0.243 e. The third kappa shape index (κ3) is 11.9. The maximum absolute atomic E-state index is 14.0. The molecule has 2 saturated heterocycles. The van der Waals surface area contributed by atoms with Gasteiger partial charge in [0, 0.05) is 17.1 Å². The Morgan fingerprint density at radius 1 is 0.608 bits per heavy atom. The van der Waals surface area contributed by atoms with E-state index in [1.807, 2.05) is 72.9 Å². The van der Waals surface area contributed by atoms with Crippen LogP contribution in [0.3, 0.4) is 0 Å². The van der Waals surface area contributed by atoms with Crippen molar-refractivity contribution in [3.8, 4) is 0 Å². The van der Waals surface area contributed by atoms with Gasteiger partial charge in [0.2, 0.25) is 35.4 Å². The second-order valence-corrected chi connectivity index (χ2v) is 17.7. The van der Waals surface area contributed by atoms with Gasteiger partial charge in [-0.15, -0.1) is 23.1 Å². The Morgan fingerprint density at radius 3 is 1.61 bits per heavy atom. The highest BCUT2D eigenvalue weighted by Gasteiger charge is 2.40. The van der Waals surface area contributed by atoms with Crippen LogP contribution in [0.5, 0.6) is 0 Å². The molecule has 0 radical (unpaired) electrons. The molecule has 7 N–H and O–H groups in total. The van der Waals surface area contributed by atoms with Crippen LogP contribution >= 0.6 is 23.1 Å². The van der Waals surface area contributed by atoms with Crippen LogP contribution in [0.4, 0.5) is 0 Å². The van der Waals surface area contributed by atoms with Crippen LogP contribution in [-0.4, -0.2) is 88.9 Å². The molecule has 0 aromatic carbocycles. The van der Waals surface area contributed by atoms with E-state index in [-0.39, 0.29) is 65.7 Å². The normalized spacial score (nSPS) is 29.4. The highest BCUT2D eigenvalue weighted by molar-refractivity contribution is 8.00. The number of hydrogen-bond donors (Lipinski definition) is 7. The minimum absolute atomic E-state index is 0.00208. The molecule has 1 aromatic rings. The number of hydrogen-bond acceptors (Lipinski definition) is 9. The summed E-state index contributed by atoms with van der Waals surface area (Å²) in [6, 6.07) is -2.19. The Labute approximate surface area is 311 Å². The summed E-state index contributed by atoms with van der Waals surface area (Å²) in [7, 11) is 0. The van der Waals surface area contributed by atoms with Crippen molar-refractivity contribution >= 4 is 58.5 Å². The maximum Gasteiger partial charge on any atom is 0.243 e. The van der Waals surface area contributed by atoms with E-state index in [4.69, 9.17) is 0 Å². The zero-order valence-corrected chi connectivity index (χ0v) is 33.3. The first-order valence-corrected chi connectivity index (χ1v) is 20.0. The van der Waals surface area contributed by atoms with Crippen molar-refractivity contribution < 1.29 is 28.8 Å². The van der Waals surface area contributed by atoms with Gasteiger partial charge >= 0.3 is 0 Å². The SMILES string of the molecule is CC(C)C[C@H]1NC(=O)[C@H](Cc2cccs2)NC(=O)[C@@H](C(C)C)NC(=O)[C@@H]2CSC(N2)[C@H](C(C)C)NC(=O)[C@@H](C(C)C)NC(=O)[C@H](C(C)C)NC1=O. The van der Waals surface area contributed by atoms with E-state index in [0.717, 1.165) is 4.88 Å². The number of thiophene rings is 1. The Morgan fingerprint density at radius 2 is 1.10 bits per heavy atom. The van der Waals surface area contributed by atoms with Gasteiger partial charge in [-0.2, -0.15) is 0 Å². The summed E-state index contributed by atoms with van der Waals surface area (Å²) in [5.74, 6) is -3.40. The zero-order valence-electron chi connectivity index (χ0n) is 31.6. The van der Waals surface area contributed by atoms with Crippen LogP contribution in [0.15, 0.2) is 17.5 Å². The van der Waals surface area contributed by atoms with Crippen LogP contribution in [0.25, 0.3) is 0 Å². The largest absolute Gasteiger partial charge is 0.349 e. The van der Waals surface area contributed by atoms with Crippen LogP contribution in [0.1, 0.15) is 80.5 Å². The predicted octanol–water partition coefficient (Wildman–Crippen LogP) is 1.91. The summed E-state index contributed by atoms with van der Waals surface area (Å²) in [4.78, 5) is 83.8. The average molecular weight is 750 g/mol. The molecule has 2 fully saturated rings. The topological polar surface area (TPSA) is 187 Å². The van der Waals surface area contributed by atoms with Gasteiger partial charge in [0.15, 0.2) is 0 Å². The minimum atomic E-state index is -1.05. The van der Waals surface area contributed by atoms with Crippen LogP contribution in [-0.2, 0) is 35.2 Å². The van der Waals surface area contributed by atoms with Gasteiger partial charge in [0.25, 0.3) is 0 Å². The highest BCUT2D eigenvalue weighted by atomic mass is 32.2. The van der Waals surface area contributed by atoms with Gasteiger partial charge in [0.05, 0.1) is 17.5 Å². The summed E-state index contributed by atoms with van der Waals surface area (Å²) in [5.41, 5.74) is 0. The molecular weight excluding hydrogens is 691 g/mol. The zero-order chi connectivity index (χ0) is 38.2. The van der Waals surface area contributed by atoms with Gasteiger partial charge in [-0.3, -0.25) is 34.1 Å². The van der Waals surface area contributed by atoms with E-state index in [0.29, 0.717) is 5.75 Å². The minimum Gasteiger partial charge on any atom is -0.349 e. The molecule has 286 valence electrons. The number of amides is 6. The first-order chi connectivity index (χ1) is 23.9. The van der Waals surface area contributed by atoms with E-state index in [2.05, 4.69) is 37.2 Å². The number of thioether (sulfide) groups is 1. The fourth-order valence-electron chi connectivity index (χ4n) is 6.13. The molecule has 51 heavy (non-hydrogen) atoms. The molecule has 3 heterocycles. The maximum atomic E-state index is 14.0. The van der Waals surface area contributed by atoms with Gasteiger partial charge in [-0.25, -0.2) is 0 Å². The van der Waals surface area contributed by atoms with Gasteiger partial charge < -0.3 is 31.9 Å². The number of carbonyl (C=O) groups is 6. The third-order valence-corrected chi connectivity index (χ3v) is 11.4. The van der Waals surface area contributed by atoms with Gasteiger partial charge in [-0.05, 0) is 47.5 Å². The number of nitrogens with one attached hydrogen (secondary N) is 7. The summed E-state index contributed by atoms with van der Waals surface area (Å²) < 4.78 is 0. The first kappa shape index (κ1) is 42.2. The van der Waals surface area contributed by atoms with E-state index >= 15 is 0 Å². The lowest BCUT2D eigenvalue weighted by atomic mass is 9.97. The van der Waals surface area contributed by atoms with Crippen molar-refractivity contribution in [2.45, 2.75) is 130 Å². The summed E-state index contributed by atoms with van der Waals surface area (Å²) in [6.07, 6.45) is 0.452. The molecule has 1 unspecified atom stereocenters. The van der Waals surface area contributed by atoms with Crippen LogP contribution in [0, 0.1) is 29.6 Å². The Balaban J connectivity index is 2.06. The number of fused-ring (bicyclic) bond motifs is 2. The van der Waals surface area contributed by atoms with Crippen molar-refractivity contribution in [2.24, 2.45) is 29.6 Å². The molecule has 1 aromatic heterocycles. The Hall–Kier alpha value is -3.17. The van der Waals surface area contributed by atoms with Crippen LogP contribution < -0.4 is 37.2 Å². The molecule has 0 aliphatic carbocycles. The van der Waals surface area contributed by atoms with E-state index in [1.54, 1.807) is 13.8 Å². The van der Waals surface area contributed by atoms with Crippen molar-refractivity contribution in [2.75, 3.05) is 5.75 Å². The molecule has 2 aliphatic rings. The van der Waals surface area contributed by atoms with Gasteiger partial charge in [0.1, 0.15) is 30.2 Å². The number of rotatable bonds is 8. The molecule has 6 amide bonds. The van der Waals surface area contributed by atoms with E-state index < -0.39 is 59.9 Å². The van der Waals surface area contributed by atoms with Crippen molar-refractivity contribution in [1.29, 1.82) is 0 Å². The molecule has 2 bridgehead atoms. The monoisotopic (exact) mass is 749 g/mol. The molecular formula is C36H59N7O6S2. The van der Waals surface area contributed by atoms with E-state index in [1.165, 1.54) is 23.1 Å². The molecule has 13 nitrogen and oxygen atoms in total. The predicted molar refractivity (Wildman–Crippen MR) is 202 cm³/mol. The third-order valence-electron chi connectivity index (χ3n) is 9.18. The summed E-state index contributed by atoms with van der Waals surface area (Å²) >= 11 is 2.95. The molecule has 2 aliphatic heterocycles. The standard InChI is InChI=1S/C36H59N7O6S2/c1-17(2)14-23-31(45)40-27(19(5)6)34(48)42-28(20(7)8)35(49)43-29(21(9)10)36-39-25(16-51-36)32(46)41-26(18(3)4)33(47)38-24(30(44)37-23)15-22-12-11-13-50-22/h11-13,17-21,23-29,36,39H,14-16H2,1-10H3,(H,37,44)(H,38,47)(H,40,45)(H,41,46)(H,42,48)(H,43,49)/t23-,24+,25+,26-,27+,28-,29+,36?/m1/s1. The highest BCUT2D eigenvalue weighted by Crippen LogP contribution is 2.26. The van der Waals surface area contributed by atoms with Crippen molar-refractivity contribution in [3.63, 3.8) is 0 Å². The van der Waals surface area contributed by atoms with Gasteiger partial charge in [-0.1, -0.05) is 75.3 Å². The van der Waals surface area contributed by atoms with Crippen LogP contribution in [0.2, 0.25) is 0 Å². The molecule has 3 rings (SSSR count). The first-order valence-electron chi connectivity index (χ1n) is 18.1. The Bertz CT molecular complexity index is 1370. The van der Waals surface area contributed by atoms with Crippen molar-refractivity contribution in [1.82, 2.24) is 37.2 Å².